The molecule has 0 saturated carbocycles. The topological polar surface area (TPSA) is 35.6 Å². The Bertz CT molecular complexity index is 1060. The van der Waals surface area contributed by atoms with E-state index in [-0.39, 0.29) is 0 Å². The third-order valence-corrected chi connectivity index (χ3v) is 5.60. The fourth-order valence-electron chi connectivity index (χ4n) is 3.13. The van der Waals surface area contributed by atoms with Crippen LogP contribution in [0.25, 0.3) is 27.8 Å². The van der Waals surface area contributed by atoms with Gasteiger partial charge in [-0.15, -0.1) is 0 Å². The number of nitrogens with zero attached hydrogens (tertiary/aromatic N) is 4. The molecule has 6 heteroatoms. The summed E-state index contributed by atoms with van der Waals surface area (Å²) in [4.78, 5) is 0. The molecule has 4 aromatic rings. The zero-order chi connectivity index (χ0) is 18.1. The van der Waals surface area contributed by atoms with E-state index in [1.807, 2.05) is 29.1 Å². The molecule has 0 bridgehead atoms. The number of rotatable bonds is 5. The zero-order valence-electron chi connectivity index (χ0n) is 14.4. The van der Waals surface area contributed by atoms with Gasteiger partial charge in [-0.3, -0.25) is 4.68 Å². The lowest BCUT2D eigenvalue weighted by Crippen LogP contribution is -2.01. The van der Waals surface area contributed by atoms with Crippen LogP contribution in [0, 0.1) is 0 Å². The van der Waals surface area contributed by atoms with Crippen LogP contribution in [-0.2, 0) is 11.9 Å². The van der Waals surface area contributed by atoms with Crippen molar-refractivity contribution in [2.45, 2.75) is 25.2 Å². The van der Waals surface area contributed by atoms with Crippen LogP contribution in [0.3, 0.4) is 0 Å². The van der Waals surface area contributed by atoms with Gasteiger partial charge in [-0.2, -0.15) is 10.2 Å². The van der Waals surface area contributed by atoms with Crippen molar-refractivity contribution in [2.24, 2.45) is 0 Å². The van der Waals surface area contributed by atoms with Crippen molar-refractivity contribution in [3.63, 3.8) is 0 Å². The number of hydrogen-bond donors (Lipinski definition) is 0. The van der Waals surface area contributed by atoms with Gasteiger partial charge < -0.3 is 0 Å². The first-order chi connectivity index (χ1) is 12.7. The lowest BCUT2D eigenvalue weighted by atomic mass is 10.1. The van der Waals surface area contributed by atoms with Crippen LogP contribution in [0.1, 0.15) is 19.0 Å². The highest BCUT2D eigenvalue weighted by atomic mass is 79.9. The maximum absolute atomic E-state index is 4.78. The quantitative estimate of drug-likeness (QED) is 0.335. The fourth-order valence-corrected chi connectivity index (χ4v) is 3.85. The van der Waals surface area contributed by atoms with Crippen LogP contribution in [0.2, 0.25) is 0 Å². The molecule has 0 amide bonds. The maximum atomic E-state index is 4.78. The molecule has 132 valence electrons. The van der Waals surface area contributed by atoms with E-state index in [4.69, 9.17) is 5.10 Å². The molecule has 0 saturated heterocycles. The van der Waals surface area contributed by atoms with E-state index in [1.54, 1.807) is 0 Å². The van der Waals surface area contributed by atoms with Gasteiger partial charge in [0.25, 0.3) is 0 Å². The van der Waals surface area contributed by atoms with Crippen LogP contribution in [0.5, 0.6) is 0 Å². The third kappa shape index (κ3) is 3.12. The Balaban J connectivity index is 1.90. The highest BCUT2D eigenvalue weighted by Gasteiger charge is 2.14. The largest absolute Gasteiger partial charge is 0.265 e. The van der Waals surface area contributed by atoms with Gasteiger partial charge in [0.05, 0.1) is 28.8 Å². The first kappa shape index (κ1) is 17.5. The van der Waals surface area contributed by atoms with Gasteiger partial charge in [0.1, 0.15) is 0 Å². The van der Waals surface area contributed by atoms with E-state index in [0.717, 1.165) is 51.0 Å². The average molecular weight is 474 g/mol. The van der Waals surface area contributed by atoms with Crippen molar-refractivity contribution >= 4 is 42.8 Å². The highest BCUT2D eigenvalue weighted by molar-refractivity contribution is 9.10. The minimum absolute atomic E-state index is 0.716. The summed E-state index contributed by atoms with van der Waals surface area (Å²) in [5.74, 6) is 0. The SMILES string of the molecule is CCCn1ncc2ccc(-c3cc(CBr)nn3-c3ccccc3Br)cc21. The normalized spacial score (nSPS) is 11.3. The number of aromatic nitrogens is 4. The summed E-state index contributed by atoms with van der Waals surface area (Å²) in [6, 6.07) is 16.8. The Kier molecular flexibility index (Phi) is 4.96. The summed E-state index contributed by atoms with van der Waals surface area (Å²) in [5, 5.41) is 11.2. The molecule has 0 spiro atoms. The Morgan fingerprint density at radius 1 is 1.08 bits per heavy atom. The summed E-state index contributed by atoms with van der Waals surface area (Å²) in [5.41, 5.74) is 5.38. The standard InChI is InChI=1S/C20H18Br2N4/c1-2-9-25-19-10-14(7-8-15(19)13-23-25)20-11-16(12-21)24-26(20)18-6-4-3-5-17(18)22/h3-8,10-11,13H,2,9,12H2,1H3. The molecule has 0 radical (unpaired) electrons. The number of alkyl halides is 1. The van der Waals surface area contributed by atoms with Crippen molar-refractivity contribution in [1.82, 2.24) is 19.6 Å². The number of halogens is 2. The van der Waals surface area contributed by atoms with Crippen molar-refractivity contribution in [3.8, 4) is 16.9 Å². The number of para-hydroxylation sites is 1. The molecule has 2 aromatic heterocycles. The molecule has 0 N–H and O–H groups in total. The Morgan fingerprint density at radius 2 is 1.92 bits per heavy atom. The van der Waals surface area contributed by atoms with E-state index in [0.29, 0.717) is 5.33 Å². The second-order valence-electron chi connectivity index (χ2n) is 6.16. The molecule has 26 heavy (non-hydrogen) atoms. The fraction of sp³-hybridized carbons (Fsp3) is 0.200. The molecule has 0 aliphatic rings. The van der Waals surface area contributed by atoms with Gasteiger partial charge in [0.2, 0.25) is 0 Å². The summed E-state index contributed by atoms with van der Waals surface area (Å²) >= 11 is 7.18. The minimum Gasteiger partial charge on any atom is -0.265 e. The molecule has 0 aliphatic heterocycles. The molecule has 4 nitrogen and oxygen atoms in total. The Hall–Kier alpha value is -1.92. The number of fused-ring (bicyclic) bond motifs is 1. The molecular weight excluding hydrogens is 456 g/mol. The van der Waals surface area contributed by atoms with Crippen molar-refractivity contribution in [3.05, 3.63) is 64.9 Å². The average Bonchev–Trinajstić information content (AvgIpc) is 3.26. The van der Waals surface area contributed by atoms with Gasteiger partial charge in [-0.1, -0.05) is 47.1 Å². The first-order valence-electron chi connectivity index (χ1n) is 8.57. The van der Waals surface area contributed by atoms with Crippen molar-refractivity contribution < 1.29 is 0 Å². The smallest absolute Gasteiger partial charge is 0.0794 e. The Morgan fingerprint density at radius 3 is 2.69 bits per heavy atom. The summed E-state index contributed by atoms with van der Waals surface area (Å²) in [6.07, 6.45) is 2.99. The molecule has 0 aliphatic carbocycles. The number of hydrogen-bond acceptors (Lipinski definition) is 2. The lowest BCUT2D eigenvalue weighted by molar-refractivity contribution is 0.622. The Labute approximate surface area is 169 Å². The van der Waals surface area contributed by atoms with E-state index in [1.165, 1.54) is 0 Å². The first-order valence-corrected chi connectivity index (χ1v) is 10.5. The van der Waals surface area contributed by atoms with Gasteiger partial charge in [0, 0.05) is 27.3 Å². The molecule has 0 fully saturated rings. The minimum atomic E-state index is 0.716. The molecule has 4 rings (SSSR count). The predicted octanol–water partition coefficient (Wildman–Crippen LogP) is 5.96. The van der Waals surface area contributed by atoms with Gasteiger partial charge in [-0.05, 0) is 46.6 Å². The van der Waals surface area contributed by atoms with Crippen LogP contribution in [0.4, 0.5) is 0 Å². The molecule has 2 heterocycles. The highest BCUT2D eigenvalue weighted by Crippen LogP contribution is 2.30. The predicted molar refractivity (Wildman–Crippen MR) is 113 cm³/mol. The summed E-state index contributed by atoms with van der Waals surface area (Å²) < 4.78 is 5.09. The third-order valence-electron chi connectivity index (χ3n) is 4.35. The lowest BCUT2D eigenvalue weighted by Gasteiger charge is -2.10. The summed E-state index contributed by atoms with van der Waals surface area (Å²) in [6.45, 7) is 3.09. The van der Waals surface area contributed by atoms with E-state index >= 15 is 0 Å². The number of aryl methyl sites for hydroxylation is 1. The summed E-state index contributed by atoms with van der Waals surface area (Å²) in [7, 11) is 0. The van der Waals surface area contributed by atoms with Crippen LogP contribution in [-0.4, -0.2) is 19.6 Å². The second-order valence-corrected chi connectivity index (χ2v) is 7.57. The van der Waals surface area contributed by atoms with E-state index in [2.05, 4.69) is 78.9 Å². The van der Waals surface area contributed by atoms with E-state index < -0.39 is 0 Å². The number of benzene rings is 2. The van der Waals surface area contributed by atoms with Crippen LogP contribution < -0.4 is 0 Å². The maximum Gasteiger partial charge on any atom is 0.0794 e. The van der Waals surface area contributed by atoms with Gasteiger partial charge in [0.15, 0.2) is 0 Å². The second kappa shape index (κ2) is 7.37. The van der Waals surface area contributed by atoms with Gasteiger partial charge in [-0.25, -0.2) is 4.68 Å². The van der Waals surface area contributed by atoms with Crippen LogP contribution >= 0.6 is 31.9 Å². The monoisotopic (exact) mass is 472 g/mol. The van der Waals surface area contributed by atoms with E-state index in [9.17, 15) is 0 Å². The zero-order valence-corrected chi connectivity index (χ0v) is 17.5. The van der Waals surface area contributed by atoms with Gasteiger partial charge >= 0.3 is 0 Å². The molecular formula is C20H18Br2N4. The van der Waals surface area contributed by atoms with Crippen molar-refractivity contribution in [1.29, 1.82) is 0 Å². The molecule has 2 aromatic carbocycles. The molecule has 0 atom stereocenters. The molecule has 0 unspecified atom stereocenters. The van der Waals surface area contributed by atoms with Crippen LogP contribution in [0.15, 0.2) is 59.2 Å². The van der Waals surface area contributed by atoms with Crippen molar-refractivity contribution in [2.75, 3.05) is 0 Å².